The van der Waals surface area contributed by atoms with Gasteiger partial charge in [0.05, 0.1) is 11.3 Å². The second-order valence-corrected chi connectivity index (χ2v) is 6.04. The molecule has 5 nitrogen and oxygen atoms in total. The number of carbonyl (C=O) groups excluding carboxylic acids is 3. The van der Waals surface area contributed by atoms with E-state index in [0.29, 0.717) is 15.7 Å². The molecule has 122 valence electrons. The van der Waals surface area contributed by atoms with Gasteiger partial charge in [-0.25, -0.2) is 0 Å². The van der Waals surface area contributed by atoms with Gasteiger partial charge in [0.1, 0.15) is 13.2 Å². The van der Waals surface area contributed by atoms with Crippen molar-refractivity contribution in [2.24, 2.45) is 0 Å². The van der Waals surface area contributed by atoms with Crippen LogP contribution >= 0.6 is 23.2 Å². The first-order valence-corrected chi connectivity index (χ1v) is 7.77. The molecule has 1 aliphatic heterocycles. The lowest BCUT2D eigenvalue weighted by molar-refractivity contribution is -0.143. The van der Waals surface area contributed by atoms with Crippen molar-refractivity contribution in [3.05, 3.63) is 63.6 Å². The number of fused-ring (bicyclic) bond motifs is 1. The van der Waals surface area contributed by atoms with Gasteiger partial charge in [-0.1, -0.05) is 35.3 Å². The van der Waals surface area contributed by atoms with E-state index < -0.39 is 17.7 Å². The van der Waals surface area contributed by atoms with Crippen LogP contribution in [0.3, 0.4) is 0 Å². The number of anilines is 1. The second-order valence-electron chi connectivity index (χ2n) is 5.17. The first-order valence-electron chi connectivity index (χ1n) is 7.01. The highest BCUT2D eigenvalue weighted by Crippen LogP contribution is 2.31. The molecule has 0 saturated heterocycles. The Kier molecular flexibility index (Phi) is 4.55. The van der Waals surface area contributed by atoms with Crippen molar-refractivity contribution in [3.63, 3.8) is 0 Å². The molecule has 0 spiro atoms. The molecule has 3 rings (SSSR count). The van der Waals surface area contributed by atoms with Crippen LogP contribution in [0.1, 0.15) is 15.9 Å². The predicted octanol–water partition coefficient (Wildman–Crippen LogP) is 3.27. The molecule has 0 atom stereocenters. The van der Waals surface area contributed by atoms with Gasteiger partial charge in [0, 0.05) is 10.0 Å². The number of benzene rings is 2. The van der Waals surface area contributed by atoms with Crippen LogP contribution in [0.15, 0.2) is 42.5 Å². The van der Waals surface area contributed by atoms with E-state index in [-0.39, 0.29) is 18.7 Å². The average Bonchev–Trinajstić information content (AvgIpc) is 2.79. The first kappa shape index (κ1) is 16.5. The van der Waals surface area contributed by atoms with E-state index in [1.165, 1.54) is 12.1 Å². The fourth-order valence-electron chi connectivity index (χ4n) is 2.35. The minimum absolute atomic E-state index is 0.0550. The molecule has 2 aromatic carbocycles. The monoisotopic (exact) mass is 363 g/mol. The zero-order valence-electron chi connectivity index (χ0n) is 12.3. The van der Waals surface area contributed by atoms with Gasteiger partial charge in [0.25, 0.3) is 11.7 Å². The van der Waals surface area contributed by atoms with Crippen LogP contribution in [-0.2, 0) is 20.9 Å². The predicted molar refractivity (Wildman–Crippen MR) is 89.4 cm³/mol. The van der Waals surface area contributed by atoms with Gasteiger partial charge < -0.3 is 4.74 Å². The van der Waals surface area contributed by atoms with E-state index in [9.17, 15) is 14.4 Å². The molecule has 0 bridgehead atoms. The Hall–Kier alpha value is -2.37. The second kappa shape index (κ2) is 6.63. The smallest absolute Gasteiger partial charge is 0.326 e. The fourth-order valence-corrected chi connectivity index (χ4v) is 2.65. The largest absolute Gasteiger partial charge is 0.459 e. The molecule has 0 fully saturated rings. The molecule has 2 aromatic rings. The Morgan fingerprint density at radius 1 is 1.00 bits per heavy atom. The lowest BCUT2D eigenvalue weighted by Crippen LogP contribution is -2.35. The number of esters is 1. The molecule has 7 heteroatoms. The maximum Gasteiger partial charge on any atom is 0.326 e. The third kappa shape index (κ3) is 3.27. The minimum atomic E-state index is -0.768. The summed E-state index contributed by atoms with van der Waals surface area (Å²) in [5.74, 6) is -2.07. The van der Waals surface area contributed by atoms with E-state index in [0.717, 1.165) is 10.5 Å². The van der Waals surface area contributed by atoms with Crippen molar-refractivity contribution in [2.75, 3.05) is 11.4 Å². The van der Waals surface area contributed by atoms with Crippen molar-refractivity contribution >= 4 is 46.5 Å². The van der Waals surface area contributed by atoms with Crippen molar-refractivity contribution in [1.29, 1.82) is 0 Å². The Balaban J connectivity index is 1.67. The fraction of sp³-hybridized carbons (Fsp3) is 0.118. The number of nitrogens with zero attached hydrogens (tertiary/aromatic N) is 1. The van der Waals surface area contributed by atoms with E-state index >= 15 is 0 Å². The van der Waals surface area contributed by atoms with E-state index in [2.05, 4.69) is 0 Å². The van der Waals surface area contributed by atoms with Crippen molar-refractivity contribution < 1.29 is 19.1 Å². The Labute approximate surface area is 147 Å². The molecule has 0 saturated carbocycles. The number of hydrogen-bond acceptors (Lipinski definition) is 4. The zero-order valence-corrected chi connectivity index (χ0v) is 13.8. The first-order chi connectivity index (χ1) is 11.5. The lowest BCUT2D eigenvalue weighted by atomic mass is 10.1. The van der Waals surface area contributed by atoms with Crippen LogP contribution in [0.25, 0.3) is 0 Å². The number of hydrogen-bond donors (Lipinski definition) is 0. The Morgan fingerprint density at radius 3 is 2.38 bits per heavy atom. The summed E-state index contributed by atoms with van der Waals surface area (Å²) in [6, 6.07) is 11.3. The summed E-state index contributed by atoms with van der Waals surface area (Å²) in [5.41, 5.74) is 1.32. The molecular weight excluding hydrogens is 353 g/mol. The van der Waals surface area contributed by atoms with Gasteiger partial charge in [0.15, 0.2) is 0 Å². The van der Waals surface area contributed by atoms with Crippen LogP contribution in [0, 0.1) is 0 Å². The maximum atomic E-state index is 12.0. The molecule has 0 aliphatic carbocycles. The van der Waals surface area contributed by atoms with Crippen LogP contribution in [0.2, 0.25) is 10.0 Å². The van der Waals surface area contributed by atoms with Gasteiger partial charge in [0.2, 0.25) is 0 Å². The van der Waals surface area contributed by atoms with Gasteiger partial charge in [-0.2, -0.15) is 0 Å². The van der Waals surface area contributed by atoms with Crippen LogP contribution < -0.4 is 4.90 Å². The third-order valence-corrected chi connectivity index (χ3v) is 4.02. The van der Waals surface area contributed by atoms with Gasteiger partial charge in [-0.15, -0.1) is 0 Å². The maximum absolute atomic E-state index is 12.0. The number of Topliss-reactive ketones (excluding diaryl/α,β-unsaturated/α-hetero) is 1. The number of halogens is 2. The van der Waals surface area contributed by atoms with Crippen molar-refractivity contribution in [1.82, 2.24) is 0 Å². The standard InChI is InChI=1S/C17H11Cl2NO4/c18-11-3-1-10(2-4-11)9-24-15(21)8-20-14-6-5-12(19)7-13(14)16(22)17(20)23/h1-7H,8-9H2. The molecule has 0 radical (unpaired) electrons. The van der Waals surface area contributed by atoms with Crippen molar-refractivity contribution in [2.45, 2.75) is 6.61 Å². The summed E-state index contributed by atoms with van der Waals surface area (Å²) in [6.07, 6.45) is 0. The molecule has 1 amide bonds. The van der Waals surface area contributed by atoms with Crippen LogP contribution in [-0.4, -0.2) is 24.2 Å². The van der Waals surface area contributed by atoms with Gasteiger partial charge in [-0.05, 0) is 35.9 Å². The third-order valence-electron chi connectivity index (χ3n) is 3.53. The SMILES string of the molecule is O=C(CN1C(=O)C(=O)c2cc(Cl)ccc21)OCc1ccc(Cl)cc1. The molecular formula is C17H11Cl2NO4. The van der Waals surface area contributed by atoms with E-state index in [1.54, 1.807) is 30.3 Å². The highest BCUT2D eigenvalue weighted by Gasteiger charge is 2.37. The quantitative estimate of drug-likeness (QED) is 0.617. The normalized spacial score (nSPS) is 13.2. The molecule has 24 heavy (non-hydrogen) atoms. The highest BCUT2D eigenvalue weighted by molar-refractivity contribution is 6.53. The topological polar surface area (TPSA) is 63.7 Å². The van der Waals surface area contributed by atoms with E-state index in [4.69, 9.17) is 27.9 Å². The van der Waals surface area contributed by atoms with Crippen molar-refractivity contribution in [3.8, 4) is 0 Å². The Morgan fingerprint density at radius 2 is 1.67 bits per heavy atom. The van der Waals surface area contributed by atoms with Gasteiger partial charge >= 0.3 is 5.97 Å². The summed E-state index contributed by atoms with van der Waals surface area (Å²) in [6.45, 7) is -0.285. The number of carbonyl (C=O) groups is 3. The Bertz CT molecular complexity index is 833. The summed E-state index contributed by atoms with van der Waals surface area (Å²) in [4.78, 5) is 37.1. The molecule has 1 aliphatic rings. The highest BCUT2D eigenvalue weighted by atomic mass is 35.5. The summed E-state index contributed by atoms with van der Waals surface area (Å²) < 4.78 is 5.14. The summed E-state index contributed by atoms with van der Waals surface area (Å²) in [5, 5.41) is 0.934. The molecule has 0 aromatic heterocycles. The van der Waals surface area contributed by atoms with Crippen LogP contribution in [0.4, 0.5) is 5.69 Å². The summed E-state index contributed by atoms with van der Waals surface area (Å²) in [7, 11) is 0. The number of ether oxygens (including phenoxy) is 1. The van der Waals surface area contributed by atoms with Crippen LogP contribution in [0.5, 0.6) is 0 Å². The average molecular weight is 364 g/mol. The number of rotatable bonds is 4. The number of amides is 1. The van der Waals surface area contributed by atoms with E-state index in [1.807, 2.05) is 0 Å². The minimum Gasteiger partial charge on any atom is -0.459 e. The lowest BCUT2D eigenvalue weighted by Gasteiger charge is -2.15. The number of ketones is 1. The zero-order chi connectivity index (χ0) is 17.3. The van der Waals surface area contributed by atoms with Gasteiger partial charge in [-0.3, -0.25) is 19.3 Å². The molecule has 0 unspecified atom stereocenters. The molecule has 1 heterocycles. The molecule has 0 N–H and O–H groups in total. The summed E-state index contributed by atoms with van der Waals surface area (Å²) >= 11 is 11.6.